The first-order valence-electron chi connectivity index (χ1n) is 29.4. The van der Waals surface area contributed by atoms with E-state index in [9.17, 15) is 14.4 Å². The number of unbranched alkanes of at least 4 members (excludes halogenated alkanes) is 30. The zero-order chi connectivity index (χ0) is 50.0. The first kappa shape index (κ1) is 65.8. The summed E-state index contributed by atoms with van der Waals surface area (Å²) in [7, 11) is 0. The van der Waals surface area contributed by atoms with Crippen LogP contribution in [0.5, 0.6) is 0 Å². The fourth-order valence-corrected chi connectivity index (χ4v) is 8.29. The van der Waals surface area contributed by atoms with Crippen LogP contribution in [0, 0.1) is 0 Å². The van der Waals surface area contributed by atoms with Crippen LogP contribution < -0.4 is 0 Å². The maximum atomic E-state index is 12.8. The normalized spacial score (nSPS) is 12.6. The molecule has 0 spiro atoms. The lowest BCUT2D eigenvalue weighted by Crippen LogP contribution is -2.30. The van der Waals surface area contributed by atoms with E-state index in [0.717, 1.165) is 109 Å². The summed E-state index contributed by atoms with van der Waals surface area (Å²) in [5.41, 5.74) is 0. The van der Waals surface area contributed by atoms with Gasteiger partial charge >= 0.3 is 17.9 Å². The van der Waals surface area contributed by atoms with Crippen molar-refractivity contribution in [2.75, 3.05) is 13.2 Å². The fourth-order valence-electron chi connectivity index (χ4n) is 8.29. The van der Waals surface area contributed by atoms with Crippen molar-refractivity contribution >= 4 is 17.9 Å². The Bertz CT molecular complexity index is 1290. The van der Waals surface area contributed by atoms with E-state index in [4.69, 9.17) is 14.2 Å². The Morgan fingerprint density at radius 1 is 0.304 bits per heavy atom. The molecule has 0 aromatic rings. The Balaban J connectivity index is 4.05. The van der Waals surface area contributed by atoms with Gasteiger partial charge in [0.1, 0.15) is 13.2 Å². The van der Waals surface area contributed by atoms with E-state index in [2.05, 4.69) is 93.7 Å². The van der Waals surface area contributed by atoms with Gasteiger partial charge in [-0.05, 0) is 89.9 Å². The molecule has 0 aliphatic rings. The highest BCUT2D eigenvalue weighted by Gasteiger charge is 2.19. The third kappa shape index (κ3) is 55.6. The van der Waals surface area contributed by atoms with Gasteiger partial charge in [0.15, 0.2) is 6.10 Å². The van der Waals surface area contributed by atoms with E-state index >= 15 is 0 Å². The van der Waals surface area contributed by atoms with Gasteiger partial charge in [0.05, 0.1) is 0 Å². The summed E-state index contributed by atoms with van der Waals surface area (Å²) in [6.07, 6.45) is 73.7. The van der Waals surface area contributed by atoms with Crippen molar-refractivity contribution in [2.24, 2.45) is 0 Å². The van der Waals surface area contributed by atoms with Gasteiger partial charge < -0.3 is 14.2 Å². The minimum absolute atomic E-state index is 0.0785. The minimum atomic E-state index is -0.777. The monoisotopic (exact) mass is 963 g/mol. The molecule has 0 bridgehead atoms. The lowest BCUT2D eigenvalue weighted by Gasteiger charge is -2.18. The highest BCUT2D eigenvalue weighted by molar-refractivity contribution is 5.71. The molecule has 0 amide bonds. The quantitative estimate of drug-likeness (QED) is 0.0262. The fraction of sp³-hybridized carbons (Fsp3) is 0.762. The maximum Gasteiger partial charge on any atom is 0.306 e. The van der Waals surface area contributed by atoms with E-state index in [1.807, 2.05) is 0 Å². The van der Waals surface area contributed by atoms with Gasteiger partial charge in [0.25, 0.3) is 0 Å². The van der Waals surface area contributed by atoms with Crippen molar-refractivity contribution in [3.05, 3.63) is 72.9 Å². The number of hydrogen-bond donors (Lipinski definition) is 0. The Morgan fingerprint density at radius 3 is 0.899 bits per heavy atom. The summed E-state index contributed by atoms with van der Waals surface area (Å²) in [5.74, 6) is -0.894. The molecule has 1 atom stereocenters. The van der Waals surface area contributed by atoms with Crippen LogP contribution in [0.3, 0.4) is 0 Å². The second-order valence-electron chi connectivity index (χ2n) is 19.5. The number of hydrogen-bond acceptors (Lipinski definition) is 6. The van der Waals surface area contributed by atoms with E-state index in [-0.39, 0.29) is 31.1 Å². The molecule has 398 valence electrons. The third-order valence-electron chi connectivity index (χ3n) is 12.7. The second kappa shape index (κ2) is 57.4. The van der Waals surface area contributed by atoms with Crippen LogP contribution in [0.15, 0.2) is 72.9 Å². The molecule has 0 heterocycles. The topological polar surface area (TPSA) is 78.9 Å². The molecule has 69 heavy (non-hydrogen) atoms. The van der Waals surface area contributed by atoms with Crippen LogP contribution in [0.2, 0.25) is 0 Å². The summed E-state index contributed by atoms with van der Waals surface area (Å²) in [4.78, 5) is 37.9. The zero-order valence-electron chi connectivity index (χ0n) is 45.6. The van der Waals surface area contributed by atoms with E-state index in [0.29, 0.717) is 19.3 Å². The van der Waals surface area contributed by atoms with Crippen molar-refractivity contribution in [1.29, 1.82) is 0 Å². The van der Waals surface area contributed by atoms with Crippen molar-refractivity contribution < 1.29 is 28.6 Å². The Labute approximate surface area is 427 Å². The van der Waals surface area contributed by atoms with Crippen molar-refractivity contribution in [3.63, 3.8) is 0 Å². The van der Waals surface area contributed by atoms with E-state index < -0.39 is 6.10 Å². The van der Waals surface area contributed by atoms with Crippen molar-refractivity contribution in [1.82, 2.24) is 0 Å². The molecule has 0 saturated heterocycles. The summed E-state index contributed by atoms with van der Waals surface area (Å²) >= 11 is 0. The third-order valence-corrected chi connectivity index (χ3v) is 12.7. The van der Waals surface area contributed by atoms with Gasteiger partial charge in [-0.1, -0.05) is 254 Å². The Morgan fingerprint density at radius 2 is 0.565 bits per heavy atom. The lowest BCUT2D eigenvalue weighted by atomic mass is 10.0. The molecule has 1 unspecified atom stereocenters. The van der Waals surface area contributed by atoms with Gasteiger partial charge in [-0.2, -0.15) is 0 Å². The van der Waals surface area contributed by atoms with Crippen LogP contribution >= 0.6 is 0 Å². The standard InChI is InChI=1S/C63H110O6/c1-4-7-10-13-16-18-20-22-24-26-27-28-29-30-31-32-33-34-35-36-37-38-40-41-43-45-47-50-53-56-62(65)68-59-60(58-67-61(64)55-52-49-15-12-9-6-3)69-63(66)57-54-51-48-46-44-42-39-25-23-21-19-17-14-11-8-5-2/h7,10,16,18-19,21-22,24-25,27-28,39,60H,4-6,8-9,11-15,17,20,23,26,29-38,40-59H2,1-3H3/b10-7-,18-16-,21-19-,24-22-,28-27-,39-25-. The number of carbonyl (C=O) groups is 3. The molecule has 0 radical (unpaired) electrons. The summed E-state index contributed by atoms with van der Waals surface area (Å²) in [6, 6.07) is 0. The van der Waals surface area contributed by atoms with E-state index in [1.54, 1.807) is 0 Å². The summed E-state index contributed by atoms with van der Waals surface area (Å²) < 4.78 is 16.7. The molecule has 0 aliphatic carbocycles. The van der Waals surface area contributed by atoms with Crippen LogP contribution in [0.1, 0.15) is 290 Å². The molecule has 6 nitrogen and oxygen atoms in total. The highest BCUT2D eigenvalue weighted by Crippen LogP contribution is 2.16. The number of allylic oxidation sites excluding steroid dienone is 12. The molecule has 0 N–H and O–H groups in total. The van der Waals surface area contributed by atoms with Gasteiger partial charge in [-0.25, -0.2) is 0 Å². The first-order valence-corrected chi connectivity index (χ1v) is 29.4. The Hall–Kier alpha value is -3.15. The first-order chi connectivity index (χ1) is 34.0. The summed E-state index contributed by atoms with van der Waals surface area (Å²) in [5, 5.41) is 0. The van der Waals surface area contributed by atoms with E-state index in [1.165, 1.54) is 141 Å². The molecular weight excluding hydrogens is 853 g/mol. The predicted octanol–water partition coefficient (Wildman–Crippen LogP) is 19.8. The Kier molecular flexibility index (Phi) is 54.8. The van der Waals surface area contributed by atoms with Gasteiger partial charge in [0.2, 0.25) is 0 Å². The number of rotatable bonds is 53. The molecule has 0 aromatic carbocycles. The molecule has 0 fully saturated rings. The van der Waals surface area contributed by atoms with Crippen LogP contribution in [-0.2, 0) is 28.6 Å². The van der Waals surface area contributed by atoms with Crippen molar-refractivity contribution in [3.8, 4) is 0 Å². The average molecular weight is 964 g/mol. The second-order valence-corrected chi connectivity index (χ2v) is 19.5. The smallest absolute Gasteiger partial charge is 0.306 e. The van der Waals surface area contributed by atoms with Crippen LogP contribution in [-0.4, -0.2) is 37.2 Å². The van der Waals surface area contributed by atoms with Gasteiger partial charge in [-0.15, -0.1) is 0 Å². The summed E-state index contributed by atoms with van der Waals surface area (Å²) in [6.45, 7) is 6.46. The van der Waals surface area contributed by atoms with Crippen molar-refractivity contribution in [2.45, 2.75) is 297 Å². The molecular formula is C63H110O6. The number of carbonyl (C=O) groups excluding carboxylic acids is 3. The molecule has 6 heteroatoms. The predicted molar refractivity (Wildman–Crippen MR) is 298 cm³/mol. The van der Waals surface area contributed by atoms with Gasteiger partial charge in [-0.3, -0.25) is 14.4 Å². The zero-order valence-corrected chi connectivity index (χ0v) is 45.6. The molecule has 0 rings (SSSR count). The SMILES string of the molecule is CC/C=C\C/C=C\C/C=C\C/C=C\CCCCCCCCCCCCCCCCCCC(=O)OCC(COC(=O)CCCCCCCC)OC(=O)CCCCCCC/C=C\C/C=C\CCCCCC. The highest BCUT2D eigenvalue weighted by atomic mass is 16.6. The molecule has 0 aromatic heterocycles. The number of esters is 3. The average Bonchev–Trinajstić information content (AvgIpc) is 3.35. The van der Waals surface area contributed by atoms with Crippen LogP contribution in [0.4, 0.5) is 0 Å². The van der Waals surface area contributed by atoms with Crippen LogP contribution in [0.25, 0.3) is 0 Å². The lowest BCUT2D eigenvalue weighted by molar-refractivity contribution is -0.167. The maximum absolute atomic E-state index is 12.8. The minimum Gasteiger partial charge on any atom is -0.462 e. The molecule has 0 aliphatic heterocycles. The largest absolute Gasteiger partial charge is 0.462 e. The van der Waals surface area contributed by atoms with Gasteiger partial charge in [0, 0.05) is 19.3 Å². The number of ether oxygens (including phenoxy) is 3. The molecule has 0 saturated carbocycles.